The van der Waals surface area contributed by atoms with Gasteiger partial charge in [0.2, 0.25) is 5.91 Å². The van der Waals surface area contributed by atoms with Crippen LogP contribution in [0.4, 0.5) is 5.82 Å². The predicted molar refractivity (Wildman–Crippen MR) is 95.2 cm³/mol. The second-order valence-corrected chi connectivity index (χ2v) is 6.19. The quantitative estimate of drug-likeness (QED) is 0.708. The van der Waals surface area contributed by atoms with Gasteiger partial charge in [0.25, 0.3) is 5.91 Å². The molecule has 132 valence electrons. The summed E-state index contributed by atoms with van der Waals surface area (Å²) in [5.74, 6) is 0.608. The summed E-state index contributed by atoms with van der Waals surface area (Å²) in [6.07, 6.45) is 4.58. The van der Waals surface area contributed by atoms with Crippen LogP contribution in [0.5, 0.6) is 0 Å². The SMILES string of the molecule is C=CC(=O)N1CC(Nc2cnc3[nH]cc(C(=O)NCC)c3n2)[C@H](C)C1. The number of hydrogen-bond donors (Lipinski definition) is 3. The van der Waals surface area contributed by atoms with E-state index in [-0.39, 0.29) is 23.8 Å². The van der Waals surface area contributed by atoms with Crippen LogP contribution in [0.2, 0.25) is 0 Å². The van der Waals surface area contributed by atoms with E-state index in [4.69, 9.17) is 0 Å². The zero-order valence-corrected chi connectivity index (χ0v) is 14.4. The first-order valence-corrected chi connectivity index (χ1v) is 8.33. The number of hydrogen-bond acceptors (Lipinski definition) is 5. The number of nitrogens with zero attached hydrogens (tertiary/aromatic N) is 3. The van der Waals surface area contributed by atoms with Gasteiger partial charge in [0.05, 0.1) is 11.8 Å². The first-order chi connectivity index (χ1) is 12.0. The van der Waals surface area contributed by atoms with Crippen LogP contribution in [0.25, 0.3) is 11.2 Å². The minimum atomic E-state index is -0.183. The smallest absolute Gasteiger partial charge is 0.255 e. The van der Waals surface area contributed by atoms with Crippen molar-refractivity contribution in [3.63, 3.8) is 0 Å². The van der Waals surface area contributed by atoms with Crippen molar-refractivity contribution < 1.29 is 9.59 Å². The van der Waals surface area contributed by atoms with Crippen LogP contribution >= 0.6 is 0 Å². The molecular formula is C17H22N6O2. The van der Waals surface area contributed by atoms with Crippen molar-refractivity contribution in [1.82, 2.24) is 25.2 Å². The number of fused-ring (bicyclic) bond motifs is 1. The minimum Gasteiger partial charge on any atom is -0.364 e. The molecule has 0 aromatic carbocycles. The van der Waals surface area contributed by atoms with Gasteiger partial charge in [-0.1, -0.05) is 13.5 Å². The van der Waals surface area contributed by atoms with Gasteiger partial charge in [-0.3, -0.25) is 9.59 Å². The van der Waals surface area contributed by atoms with Gasteiger partial charge in [0.15, 0.2) is 5.65 Å². The van der Waals surface area contributed by atoms with Crippen LogP contribution < -0.4 is 10.6 Å². The van der Waals surface area contributed by atoms with E-state index in [9.17, 15) is 9.59 Å². The lowest BCUT2D eigenvalue weighted by Crippen LogP contribution is -2.31. The maximum atomic E-state index is 12.1. The molecule has 2 amide bonds. The molecule has 3 N–H and O–H groups in total. The van der Waals surface area contributed by atoms with Crippen LogP contribution in [0.3, 0.4) is 0 Å². The third-order valence-corrected chi connectivity index (χ3v) is 4.39. The lowest BCUT2D eigenvalue weighted by atomic mass is 10.1. The van der Waals surface area contributed by atoms with E-state index in [1.54, 1.807) is 17.3 Å². The highest BCUT2D eigenvalue weighted by Gasteiger charge is 2.31. The highest BCUT2D eigenvalue weighted by Crippen LogP contribution is 2.22. The largest absolute Gasteiger partial charge is 0.364 e. The van der Waals surface area contributed by atoms with Crippen molar-refractivity contribution in [3.8, 4) is 0 Å². The van der Waals surface area contributed by atoms with Gasteiger partial charge < -0.3 is 20.5 Å². The summed E-state index contributed by atoms with van der Waals surface area (Å²) < 4.78 is 0. The monoisotopic (exact) mass is 342 g/mol. The fraction of sp³-hybridized carbons (Fsp3) is 0.412. The molecule has 3 heterocycles. The molecule has 1 aliphatic rings. The molecule has 2 atom stereocenters. The van der Waals surface area contributed by atoms with E-state index in [0.29, 0.717) is 42.2 Å². The first kappa shape index (κ1) is 16.9. The number of anilines is 1. The summed E-state index contributed by atoms with van der Waals surface area (Å²) in [5, 5.41) is 6.10. The topological polar surface area (TPSA) is 103 Å². The lowest BCUT2D eigenvalue weighted by molar-refractivity contribution is -0.125. The summed E-state index contributed by atoms with van der Waals surface area (Å²) in [6, 6.07) is 0.0718. The molecule has 0 radical (unpaired) electrons. The molecule has 3 rings (SSSR count). The minimum absolute atomic E-state index is 0.0677. The standard InChI is InChI=1S/C17H22N6O2/c1-4-14(24)23-8-10(3)12(9-23)21-13-7-20-16-15(22-13)11(6-19-16)17(25)18-5-2/h4,6-7,10,12H,1,5,8-9H2,2-3H3,(H,18,25)(H,19,20)(H,21,22)/t10-,12?/m1/s1. The fourth-order valence-corrected chi connectivity index (χ4v) is 3.04. The summed E-state index contributed by atoms with van der Waals surface area (Å²) >= 11 is 0. The normalized spacial score (nSPS) is 19.8. The molecule has 8 nitrogen and oxygen atoms in total. The van der Waals surface area contributed by atoms with Gasteiger partial charge in [-0.25, -0.2) is 9.97 Å². The zero-order chi connectivity index (χ0) is 18.0. The average Bonchev–Trinajstić information content (AvgIpc) is 3.18. The van der Waals surface area contributed by atoms with Crippen LogP contribution in [0.1, 0.15) is 24.2 Å². The van der Waals surface area contributed by atoms with Crippen LogP contribution in [-0.2, 0) is 4.79 Å². The van der Waals surface area contributed by atoms with Crippen molar-refractivity contribution in [2.45, 2.75) is 19.9 Å². The predicted octanol–water partition coefficient (Wildman–Crippen LogP) is 1.15. The molecule has 2 aromatic rings. The van der Waals surface area contributed by atoms with Crippen molar-refractivity contribution in [3.05, 3.63) is 30.6 Å². The van der Waals surface area contributed by atoms with Gasteiger partial charge in [-0.15, -0.1) is 0 Å². The zero-order valence-electron chi connectivity index (χ0n) is 14.4. The molecule has 2 aromatic heterocycles. The van der Waals surface area contributed by atoms with Gasteiger partial charge in [0.1, 0.15) is 11.3 Å². The molecule has 1 unspecified atom stereocenters. The molecule has 0 bridgehead atoms. The summed E-state index contributed by atoms with van der Waals surface area (Å²) in [6.45, 7) is 9.28. The van der Waals surface area contributed by atoms with Crippen LogP contribution in [-0.4, -0.2) is 57.3 Å². The number of carbonyl (C=O) groups excluding carboxylic acids is 2. The Morgan fingerprint density at radius 3 is 3.00 bits per heavy atom. The van der Waals surface area contributed by atoms with Gasteiger partial charge >= 0.3 is 0 Å². The van der Waals surface area contributed by atoms with E-state index < -0.39 is 0 Å². The Kier molecular flexibility index (Phi) is 4.69. The number of carbonyl (C=O) groups is 2. The molecule has 0 aliphatic carbocycles. The number of H-pyrrole nitrogens is 1. The number of likely N-dealkylation sites (tertiary alicyclic amines) is 1. The molecule has 1 fully saturated rings. The average molecular weight is 342 g/mol. The molecule has 1 aliphatic heterocycles. The second kappa shape index (κ2) is 6.92. The maximum absolute atomic E-state index is 12.1. The fourth-order valence-electron chi connectivity index (χ4n) is 3.04. The number of nitrogens with one attached hydrogen (secondary N) is 3. The van der Waals surface area contributed by atoms with E-state index in [0.717, 1.165) is 0 Å². The van der Waals surface area contributed by atoms with E-state index in [2.05, 4.69) is 39.1 Å². The Morgan fingerprint density at radius 1 is 1.48 bits per heavy atom. The number of aromatic amines is 1. The molecule has 25 heavy (non-hydrogen) atoms. The van der Waals surface area contributed by atoms with E-state index in [1.807, 2.05) is 6.92 Å². The van der Waals surface area contributed by atoms with E-state index >= 15 is 0 Å². The molecule has 0 spiro atoms. The number of rotatable bonds is 5. The number of aromatic nitrogens is 3. The second-order valence-electron chi connectivity index (χ2n) is 6.19. The van der Waals surface area contributed by atoms with Crippen molar-refractivity contribution in [2.24, 2.45) is 5.92 Å². The van der Waals surface area contributed by atoms with E-state index in [1.165, 1.54) is 6.08 Å². The van der Waals surface area contributed by atoms with Crippen molar-refractivity contribution >= 4 is 28.8 Å². The van der Waals surface area contributed by atoms with Crippen LogP contribution in [0, 0.1) is 5.92 Å². The van der Waals surface area contributed by atoms with Crippen molar-refractivity contribution in [1.29, 1.82) is 0 Å². The first-order valence-electron chi connectivity index (χ1n) is 8.33. The van der Waals surface area contributed by atoms with Crippen LogP contribution in [0.15, 0.2) is 25.0 Å². The highest BCUT2D eigenvalue weighted by molar-refractivity contribution is 6.04. The third-order valence-electron chi connectivity index (χ3n) is 4.39. The lowest BCUT2D eigenvalue weighted by Gasteiger charge is -2.17. The summed E-state index contributed by atoms with van der Waals surface area (Å²) in [7, 11) is 0. The maximum Gasteiger partial charge on any atom is 0.255 e. The Morgan fingerprint density at radius 2 is 2.28 bits per heavy atom. The van der Waals surface area contributed by atoms with Gasteiger partial charge in [-0.2, -0.15) is 0 Å². The Bertz CT molecular complexity index is 815. The summed E-state index contributed by atoms with van der Waals surface area (Å²) in [5.41, 5.74) is 1.56. The Labute approximate surface area is 145 Å². The van der Waals surface area contributed by atoms with Gasteiger partial charge in [0, 0.05) is 31.9 Å². The van der Waals surface area contributed by atoms with Gasteiger partial charge in [-0.05, 0) is 18.9 Å². The third kappa shape index (κ3) is 3.33. The molecule has 8 heteroatoms. The Balaban J connectivity index is 1.80. The van der Waals surface area contributed by atoms with Crippen molar-refractivity contribution in [2.75, 3.05) is 25.0 Å². The molecule has 0 saturated carbocycles. The molecule has 1 saturated heterocycles. The Hall–Kier alpha value is -2.90. The molecular weight excluding hydrogens is 320 g/mol. The summed E-state index contributed by atoms with van der Waals surface area (Å²) in [4.78, 5) is 37.5. The number of amides is 2. The highest BCUT2D eigenvalue weighted by atomic mass is 16.2.